The Kier molecular flexibility index (Phi) is 7.31. The number of nitro groups is 1. The minimum Gasteiger partial charge on any atom is -0.452 e. The van der Waals surface area contributed by atoms with Gasteiger partial charge in [0, 0.05) is 18.2 Å². The van der Waals surface area contributed by atoms with E-state index in [-0.39, 0.29) is 22.3 Å². The second kappa shape index (κ2) is 9.68. The number of non-ortho nitro benzene ring substituents is 1. The Balaban J connectivity index is 1.81. The largest absolute Gasteiger partial charge is 0.452 e. The molecule has 7 nitrogen and oxygen atoms in total. The number of halogens is 1. The Morgan fingerprint density at radius 3 is 2.59 bits per heavy atom. The molecule has 0 aliphatic heterocycles. The zero-order valence-electron chi connectivity index (χ0n) is 14.7. The van der Waals surface area contributed by atoms with Gasteiger partial charge in [0.1, 0.15) is 0 Å². The van der Waals surface area contributed by atoms with E-state index in [0.29, 0.717) is 0 Å². The predicted molar refractivity (Wildman–Crippen MR) is 101 cm³/mol. The molecule has 8 heteroatoms. The Hall–Kier alpha value is -2.93. The van der Waals surface area contributed by atoms with Gasteiger partial charge in [0.25, 0.3) is 11.6 Å². The highest BCUT2D eigenvalue weighted by atomic mass is 35.5. The number of ether oxygens (including phenoxy) is 1. The highest BCUT2D eigenvalue weighted by Gasteiger charge is 2.18. The number of aryl methyl sites for hydroxylation is 1. The Labute approximate surface area is 161 Å². The van der Waals surface area contributed by atoms with Gasteiger partial charge in [0.2, 0.25) is 0 Å². The van der Waals surface area contributed by atoms with E-state index in [2.05, 4.69) is 5.32 Å². The van der Waals surface area contributed by atoms with Crippen molar-refractivity contribution in [2.24, 2.45) is 0 Å². The van der Waals surface area contributed by atoms with Crippen LogP contribution in [-0.4, -0.2) is 29.4 Å². The van der Waals surface area contributed by atoms with E-state index in [1.54, 1.807) is 0 Å². The van der Waals surface area contributed by atoms with Crippen molar-refractivity contribution in [3.05, 3.63) is 74.8 Å². The van der Waals surface area contributed by atoms with Gasteiger partial charge in [0.05, 0.1) is 15.5 Å². The number of nitro benzene ring substituents is 1. The number of carbonyl (C=O) groups is 2. The molecule has 142 valence electrons. The number of benzene rings is 2. The summed E-state index contributed by atoms with van der Waals surface area (Å²) in [5.74, 6) is -1.35. The molecule has 0 saturated heterocycles. The minimum atomic E-state index is -0.893. The summed E-state index contributed by atoms with van der Waals surface area (Å²) >= 11 is 5.87. The van der Waals surface area contributed by atoms with Crippen molar-refractivity contribution in [2.45, 2.75) is 25.8 Å². The molecule has 0 aliphatic rings. The van der Waals surface area contributed by atoms with Crippen molar-refractivity contribution in [2.75, 3.05) is 6.61 Å². The van der Waals surface area contributed by atoms with E-state index in [9.17, 15) is 19.7 Å². The molecule has 0 fully saturated rings. The summed E-state index contributed by atoms with van der Waals surface area (Å²) < 4.78 is 4.91. The van der Waals surface area contributed by atoms with E-state index in [1.807, 2.05) is 37.3 Å². The molecule has 1 amide bonds. The van der Waals surface area contributed by atoms with Crippen molar-refractivity contribution in [3.8, 4) is 0 Å². The second-order valence-corrected chi connectivity index (χ2v) is 6.40. The number of nitrogens with one attached hydrogen (secondary N) is 1. The molecule has 0 spiro atoms. The van der Waals surface area contributed by atoms with Crippen LogP contribution in [0.1, 0.15) is 29.3 Å². The Morgan fingerprint density at radius 2 is 1.93 bits per heavy atom. The van der Waals surface area contributed by atoms with Gasteiger partial charge >= 0.3 is 5.97 Å². The van der Waals surface area contributed by atoms with Gasteiger partial charge in [-0.2, -0.15) is 0 Å². The molecule has 1 N–H and O–H groups in total. The van der Waals surface area contributed by atoms with Crippen molar-refractivity contribution in [1.29, 1.82) is 0 Å². The molecule has 1 atom stereocenters. The van der Waals surface area contributed by atoms with Crippen molar-refractivity contribution in [1.82, 2.24) is 5.32 Å². The maximum Gasteiger partial charge on any atom is 0.340 e. The first-order valence-corrected chi connectivity index (χ1v) is 8.69. The lowest BCUT2D eigenvalue weighted by Gasteiger charge is -2.14. The quantitative estimate of drug-likeness (QED) is 0.422. The lowest BCUT2D eigenvalue weighted by Crippen LogP contribution is -2.36. The fourth-order valence-corrected chi connectivity index (χ4v) is 2.60. The number of nitrogens with zero attached hydrogens (tertiary/aromatic N) is 1. The first-order valence-electron chi connectivity index (χ1n) is 8.31. The van der Waals surface area contributed by atoms with Crippen LogP contribution in [0.4, 0.5) is 5.69 Å². The molecular formula is C19H19ClN2O5. The summed E-state index contributed by atoms with van der Waals surface area (Å²) in [4.78, 5) is 34.1. The first kappa shape index (κ1) is 20.4. The van der Waals surface area contributed by atoms with E-state index in [0.717, 1.165) is 18.9 Å². The highest BCUT2D eigenvalue weighted by molar-refractivity contribution is 6.33. The Morgan fingerprint density at radius 1 is 1.22 bits per heavy atom. The van der Waals surface area contributed by atoms with Gasteiger partial charge in [-0.3, -0.25) is 14.9 Å². The smallest absolute Gasteiger partial charge is 0.340 e. The standard InChI is InChI=1S/C19H19ClN2O5/c1-13(7-8-14-5-3-2-4-6-14)21-18(23)12-27-19(24)16-11-15(22(25)26)9-10-17(16)20/h2-6,9-11,13H,7-8,12H2,1H3,(H,21,23)/t13-/m0/s1. The SMILES string of the molecule is C[C@@H](CCc1ccccc1)NC(=O)COC(=O)c1cc([N+](=O)[O-])ccc1Cl. The number of hydrogen-bond acceptors (Lipinski definition) is 5. The van der Waals surface area contributed by atoms with Crippen LogP contribution in [0.3, 0.4) is 0 Å². The molecule has 2 aromatic carbocycles. The van der Waals surface area contributed by atoms with Crippen LogP contribution in [0.2, 0.25) is 5.02 Å². The fraction of sp³-hybridized carbons (Fsp3) is 0.263. The third kappa shape index (κ3) is 6.38. The van der Waals surface area contributed by atoms with Crippen molar-refractivity contribution >= 4 is 29.2 Å². The molecule has 2 aromatic rings. The predicted octanol–water partition coefficient (Wildman–Crippen LogP) is 3.54. The lowest BCUT2D eigenvalue weighted by molar-refractivity contribution is -0.384. The van der Waals surface area contributed by atoms with Crippen LogP contribution in [0.25, 0.3) is 0 Å². The number of amides is 1. The normalized spacial score (nSPS) is 11.5. The number of carbonyl (C=O) groups excluding carboxylic acids is 2. The molecule has 0 radical (unpaired) electrons. The molecule has 0 bridgehead atoms. The highest BCUT2D eigenvalue weighted by Crippen LogP contribution is 2.22. The number of esters is 1. The third-order valence-electron chi connectivity index (χ3n) is 3.83. The van der Waals surface area contributed by atoms with Gasteiger partial charge in [-0.15, -0.1) is 0 Å². The minimum absolute atomic E-state index is 0.0160. The summed E-state index contributed by atoms with van der Waals surface area (Å²) in [5, 5.41) is 13.5. The monoisotopic (exact) mass is 390 g/mol. The zero-order valence-corrected chi connectivity index (χ0v) is 15.4. The summed E-state index contributed by atoms with van der Waals surface area (Å²) in [6.07, 6.45) is 1.55. The summed E-state index contributed by atoms with van der Waals surface area (Å²) in [7, 11) is 0. The summed E-state index contributed by atoms with van der Waals surface area (Å²) in [6.45, 7) is 1.37. The van der Waals surface area contributed by atoms with E-state index < -0.39 is 23.4 Å². The molecule has 0 unspecified atom stereocenters. The third-order valence-corrected chi connectivity index (χ3v) is 4.16. The van der Waals surface area contributed by atoms with Crippen LogP contribution in [0.15, 0.2) is 48.5 Å². The molecule has 0 heterocycles. The van der Waals surface area contributed by atoms with E-state index in [4.69, 9.17) is 16.3 Å². The molecule has 2 rings (SSSR count). The number of rotatable bonds is 8. The van der Waals surface area contributed by atoms with Crippen molar-refractivity contribution in [3.63, 3.8) is 0 Å². The molecule has 27 heavy (non-hydrogen) atoms. The van der Waals surface area contributed by atoms with Gasteiger partial charge in [-0.05, 0) is 31.4 Å². The maximum absolute atomic E-state index is 12.0. The lowest BCUT2D eigenvalue weighted by atomic mass is 10.1. The first-order chi connectivity index (χ1) is 12.9. The zero-order chi connectivity index (χ0) is 19.8. The van der Waals surface area contributed by atoms with Gasteiger partial charge in [-0.25, -0.2) is 4.79 Å². The topological polar surface area (TPSA) is 98.5 Å². The van der Waals surface area contributed by atoms with E-state index >= 15 is 0 Å². The van der Waals surface area contributed by atoms with Crippen LogP contribution in [-0.2, 0) is 16.0 Å². The summed E-state index contributed by atoms with van der Waals surface area (Å²) in [6, 6.07) is 13.2. The van der Waals surface area contributed by atoms with Gasteiger partial charge in [-0.1, -0.05) is 41.9 Å². The van der Waals surface area contributed by atoms with Crippen LogP contribution >= 0.6 is 11.6 Å². The average Bonchev–Trinajstić information content (AvgIpc) is 2.65. The fourth-order valence-electron chi connectivity index (χ4n) is 2.41. The molecule has 0 aromatic heterocycles. The second-order valence-electron chi connectivity index (χ2n) is 5.99. The summed E-state index contributed by atoms with van der Waals surface area (Å²) in [5.41, 5.74) is 0.728. The average molecular weight is 391 g/mol. The number of hydrogen-bond donors (Lipinski definition) is 1. The van der Waals surface area contributed by atoms with Gasteiger partial charge < -0.3 is 10.1 Å². The molecule has 0 saturated carbocycles. The van der Waals surface area contributed by atoms with Gasteiger partial charge in [0.15, 0.2) is 6.61 Å². The van der Waals surface area contributed by atoms with Crippen LogP contribution < -0.4 is 5.32 Å². The molecular weight excluding hydrogens is 372 g/mol. The maximum atomic E-state index is 12.0. The van der Waals surface area contributed by atoms with Crippen molar-refractivity contribution < 1.29 is 19.2 Å². The Bertz CT molecular complexity index is 826. The van der Waals surface area contributed by atoms with Crippen LogP contribution in [0, 0.1) is 10.1 Å². The van der Waals surface area contributed by atoms with Crippen LogP contribution in [0.5, 0.6) is 0 Å². The van der Waals surface area contributed by atoms with E-state index in [1.165, 1.54) is 17.7 Å². The molecule has 0 aliphatic carbocycles.